The Hall–Kier alpha value is -2.14. The molecule has 0 radical (unpaired) electrons. The lowest BCUT2D eigenvalue weighted by Crippen LogP contribution is -2.23. The molecule has 0 saturated carbocycles. The van der Waals surface area contributed by atoms with E-state index in [1.54, 1.807) is 0 Å². The Balaban J connectivity index is 2.15. The van der Waals surface area contributed by atoms with Crippen molar-refractivity contribution in [2.45, 2.75) is 6.92 Å². The van der Waals surface area contributed by atoms with E-state index in [-0.39, 0.29) is 5.11 Å². The summed E-state index contributed by atoms with van der Waals surface area (Å²) in [5.41, 5.74) is 9.94. The molecule has 0 aliphatic rings. The quantitative estimate of drug-likeness (QED) is 0.505. The number of hydrazone groups is 1. The lowest BCUT2D eigenvalue weighted by molar-refractivity contribution is 0.574. The van der Waals surface area contributed by atoms with Gasteiger partial charge >= 0.3 is 0 Å². The molecule has 0 amide bonds. The summed E-state index contributed by atoms with van der Waals surface area (Å²) in [5.74, 6) is 1.44. The molecule has 0 aliphatic heterocycles. The molecule has 0 saturated heterocycles. The van der Waals surface area contributed by atoms with E-state index in [4.69, 9.17) is 10.2 Å². The Labute approximate surface area is 110 Å². The van der Waals surface area contributed by atoms with Crippen molar-refractivity contribution in [3.63, 3.8) is 0 Å². The van der Waals surface area contributed by atoms with Crippen LogP contribution < -0.4 is 11.2 Å². The molecule has 0 atom stereocenters. The Kier molecular flexibility index (Phi) is 3.74. The Morgan fingerprint density at radius 3 is 2.94 bits per heavy atom. The molecule has 92 valence electrons. The molecule has 3 N–H and O–H groups in total. The molecule has 0 spiro atoms. The fourth-order valence-corrected chi connectivity index (χ4v) is 1.59. The zero-order chi connectivity index (χ0) is 13.0. The van der Waals surface area contributed by atoms with Gasteiger partial charge in [-0.1, -0.05) is 23.8 Å². The molecular formula is C13H13N3OS. The SMILES string of the molecule is Cc1cccc(-c2ccc(/C=N/NC(N)=S)o2)c1. The van der Waals surface area contributed by atoms with Crippen molar-refractivity contribution < 1.29 is 4.42 Å². The highest BCUT2D eigenvalue weighted by Crippen LogP contribution is 2.22. The number of benzene rings is 1. The Morgan fingerprint density at radius 1 is 1.39 bits per heavy atom. The summed E-state index contributed by atoms with van der Waals surface area (Å²) >= 11 is 4.63. The minimum absolute atomic E-state index is 0.122. The number of furan rings is 1. The number of hydrogen-bond donors (Lipinski definition) is 2. The van der Waals surface area contributed by atoms with E-state index in [0.717, 1.165) is 11.3 Å². The molecule has 2 aromatic rings. The molecule has 4 nitrogen and oxygen atoms in total. The van der Waals surface area contributed by atoms with Crippen LogP contribution in [0, 0.1) is 6.92 Å². The lowest BCUT2D eigenvalue weighted by atomic mass is 10.1. The van der Waals surface area contributed by atoms with Gasteiger partial charge in [-0.15, -0.1) is 0 Å². The van der Waals surface area contributed by atoms with Crippen molar-refractivity contribution in [2.75, 3.05) is 0 Å². The highest BCUT2D eigenvalue weighted by atomic mass is 32.1. The maximum Gasteiger partial charge on any atom is 0.184 e. The van der Waals surface area contributed by atoms with E-state index in [1.807, 2.05) is 37.3 Å². The summed E-state index contributed by atoms with van der Waals surface area (Å²) in [4.78, 5) is 0. The van der Waals surface area contributed by atoms with Crippen LogP contribution >= 0.6 is 12.2 Å². The zero-order valence-corrected chi connectivity index (χ0v) is 10.7. The molecule has 18 heavy (non-hydrogen) atoms. The standard InChI is InChI=1S/C13H13N3OS/c1-9-3-2-4-10(7-9)12-6-5-11(17-12)8-15-16-13(14)18/h2-8H,1H3,(H3,14,16,18)/b15-8+. The highest BCUT2D eigenvalue weighted by molar-refractivity contribution is 7.80. The number of rotatable bonds is 3. The van der Waals surface area contributed by atoms with Crippen LogP contribution in [0.1, 0.15) is 11.3 Å². The third kappa shape index (κ3) is 3.18. The molecule has 0 aliphatic carbocycles. The van der Waals surface area contributed by atoms with Crippen molar-refractivity contribution in [2.24, 2.45) is 10.8 Å². The van der Waals surface area contributed by atoms with Crippen LogP contribution in [-0.2, 0) is 0 Å². The van der Waals surface area contributed by atoms with Gasteiger partial charge in [-0.25, -0.2) is 0 Å². The number of hydrogen-bond acceptors (Lipinski definition) is 3. The van der Waals surface area contributed by atoms with Gasteiger partial charge in [0, 0.05) is 5.56 Å². The van der Waals surface area contributed by atoms with E-state index >= 15 is 0 Å². The topological polar surface area (TPSA) is 63.5 Å². The van der Waals surface area contributed by atoms with Gasteiger partial charge in [0.05, 0.1) is 6.21 Å². The number of aryl methyl sites for hydroxylation is 1. The van der Waals surface area contributed by atoms with Crippen molar-refractivity contribution in [1.29, 1.82) is 0 Å². The zero-order valence-electron chi connectivity index (χ0n) is 9.88. The summed E-state index contributed by atoms with van der Waals surface area (Å²) in [6, 6.07) is 11.8. The summed E-state index contributed by atoms with van der Waals surface area (Å²) < 4.78 is 5.63. The van der Waals surface area contributed by atoms with E-state index in [9.17, 15) is 0 Å². The third-order valence-electron chi connectivity index (χ3n) is 2.30. The minimum atomic E-state index is 0.122. The number of nitrogens with zero attached hydrogens (tertiary/aromatic N) is 1. The Morgan fingerprint density at radius 2 is 2.22 bits per heavy atom. The van der Waals surface area contributed by atoms with Gasteiger partial charge in [0.1, 0.15) is 11.5 Å². The summed E-state index contributed by atoms with van der Waals surface area (Å²) in [5, 5.41) is 3.95. The average Bonchev–Trinajstić information content (AvgIpc) is 2.77. The van der Waals surface area contributed by atoms with Crippen LogP contribution in [0.25, 0.3) is 11.3 Å². The van der Waals surface area contributed by atoms with Crippen molar-refractivity contribution in [3.05, 3.63) is 47.7 Å². The highest BCUT2D eigenvalue weighted by Gasteiger charge is 2.03. The van der Waals surface area contributed by atoms with Crippen LogP contribution in [-0.4, -0.2) is 11.3 Å². The maximum absolute atomic E-state index is 5.63. The fourth-order valence-electron chi connectivity index (χ4n) is 1.54. The van der Waals surface area contributed by atoms with Gasteiger partial charge in [-0.05, 0) is 37.3 Å². The smallest absolute Gasteiger partial charge is 0.184 e. The molecule has 1 aromatic heterocycles. The molecule has 2 rings (SSSR count). The predicted molar refractivity (Wildman–Crippen MR) is 76.4 cm³/mol. The first-order valence-electron chi connectivity index (χ1n) is 5.40. The largest absolute Gasteiger partial charge is 0.455 e. The second-order valence-electron chi connectivity index (χ2n) is 3.81. The Bertz CT molecular complexity index is 589. The van der Waals surface area contributed by atoms with E-state index in [2.05, 4.69) is 28.8 Å². The van der Waals surface area contributed by atoms with Crippen LogP contribution in [0.15, 0.2) is 45.9 Å². The van der Waals surface area contributed by atoms with E-state index in [1.165, 1.54) is 11.8 Å². The molecule has 0 bridgehead atoms. The van der Waals surface area contributed by atoms with Crippen LogP contribution in [0.5, 0.6) is 0 Å². The monoisotopic (exact) mass is 259 g/mol. The summed E-state index contributed by atoms with van der Waals surface area (Å²) in [6.07, 6.45) is 1.53. The minimum Gasteiger partial charge on any atom is -0.455 e. The predicted octanol–water partition coefficient (Wildman–Crippen LogP) is 2.42. The fraction of sp³-hybridized carbons (Fsp3) is 0.0769. The summed E-state index contributed by atoms with van der Waals surface area (Å²) in [7, 11) is 0. The van der Waals surface area contributed by atoms with Crippen LogP contribution in [0.2, 0.25) is 0 Å². The van der Waals surface area contributed by atoms with E-state index < -0.39 is 0 Å². The molecule has 5 heteroatoms. The van der Waals surface area contributed by atoms with Gasteiger partial charge in [0.25, 0.3) is 0 Å². The maximum atomic E-state index is 5.63. The average molecular weight is 259 g/mol. The normalized spacial score (nSPS) is 10.7. The van der Waals surface area contributed by atoms with Crippen molar-refractivity contribution in [1.82, 2.24) is 5.43 Å². The first-order valence-corrected chi connectivity index (χ1v) is 5.81. The number of nitrogens with two attached hydrogens (primary N) is 1. The summed E-state index contributed by atoms with van der Waals surface area (Å²) in [6.45, 7) is 2.04. The van der Waals surface area contributed by atoms with Gasteiger partial charge in [-0.2, -0.15) is 5.10 Å². The second-order valence-corrected chi connectivity index (χ2v) is 4.25. The number of nitrogens with one attached hydrogen (secondary N) is 1. The third-order valence-corrected chi connectivity index (χ3v) is 2.39. The molecule has 1 heterocycles. The molecule has 0 fully saturated rings. The first kappa shape index (κ1) is 12.3. The van der Waals surface area contributed by atoms with Crippen molar-refractivity contribution in [3.8, 4) is 11.3 Å². The molecule has 1 aromatic carbocycles. The van der Waals surface area contributed by atoms with Gasteiger partial charge in [0.15, 0.2) is 5.11 Å². The van der Waals surface area contributed by atoms with Crippen LogP contribution in [0.3, 0.4) is 0 Å². The molecular weight excluding hydrogens is 246 g/mol. The van der Waals surface area contributed by atoms with Gasteiger partial charge in [0.2, 0.25) is 0 Å². The molecule has 0 unspecified atom stereocenters. The first-order chi connectivity index (χ1) is 8.65. The number of thiocarbonyl (C=S) groups is 1. The van der Waals surface area contributed by atoms with Crippen molar-refractivity contribution >= 4 is 23.5 Å². The van der Waals surface area contributed by atoms with Crippen LogP contribution in [0.4, 0.5) is 0 Å². The van der Waals surface area contributed by atoms with Gasteiger partial charge < -0.3 is 10.2 Å². The second kappa shape index (κ2) is 5.46. The van der Waals surface area contributed by atoms with Gasteiger partial charge in [-0.3, -0.25) is 5.43 Å². The van der Waals surface area contributed by atoms with E-state index in [0.29, 0.717) is 5.76 Å². The lowest BCUT2D eigenvalue weighted by Gasteiger charge is -1.98.